The summed E-state index contributed by atoms with van der Waals surface area (Å²) >= 11 is 0. The van der Waals surface area contributed by atoms with Gasteiger partial charge in [0.1, 0.15) is 0 Å². The lowest BCUT2D eigenvalue weighted by Crippen LogP contribution is -2.44. The molecule has 0 aromatic rings. The van der Waals surface area contributed by atoms with E-state index < -0.39 is 16.6 Å². The smallest absolute Gasteiger partial charge is 0.192 e. The molecule has 0 bridgehead atoms. The van der Waals surface area contributed by atoms with Crippen LogP contribution in [0.15, 0.2) is 11.6 Å². The molecular weight excluding hydrogens is 344 g/mol. The molecule has 0 saturated carbocycles. The highest BCUT2D eigenvalue weighted by Crippen LogP contribution is 2.40. The van der Waals surface area contributed by atoms with E-state index in [1.807, 2.05) is 0 Å². The molecule has 5 heteroatoms. The molecule has 1 aliphatic rings. The van der Waals surface area contributed by atoms with Crippen LogP contribution in [0.3, 0.4) is 0 Å². The van der Waals surface area contributed by atoms with E-state index in [0.29, 0.717) is 11.8 Å². The Morgan fingerprint density at radius 3 is 1.76 bits per heavy atom. The lowest BCUT2D eigenvalue weighted by Gasteiger charge is -2.39. The molecule has 1 rings (SSSR count). The summed E-state index contributed by atoms with van der Waals surface area (Å²) in [5.74, 6) is 0.794. The summed E-state index contributed by atoms with van der Waals surface area (Å²) in [6.07, 6.45) is 3.18. The van der Waals surface area contributed by atoms with Gasteiger partial charge in [-0.05, 0) is 54.2 Å². The predicted octanol–water partition coefficient (Wildman–Crippen LogP) is 5.58. The fourth-order valence-corrected chi connectivity index (χ4v) is 4.64. The first-order valence-electron chi connectivity index (χ1n) is 9.69. The first-order chi connectivity index (χ1) is 11.1. The quantitative estimate of drug-likeness (QED) is 0.458. The zero-order chi connectivity index (χ0) is 19.7. The second-order valence-corrected chi connectivity index (χ2v) is 20.4. The van der Waals surface area contributed by atoms with Crippen LogP contribution in [0.2, 0.25) is 36.3 Å². The van der Waals surface area contributed by atoms with Gasteiger partial charge in [-0.2, -0.15) is 0 Å². The van der Waals surface area contributed by atoms with Crippen molar-refractivity contribution >= 4 is 16.6 Å². The molecule has 0 aromatic carbocycles. The van der Waals surface area contributed by atoms with E-state index in [1.165, 1.54) is 0 Å². The summed E-state index contributed by atoms with van der Waals surface area (Å²) in [5, 5.41) is 10.0. The summed E-state index contributed by atoms with van der Waals surface area (Å²) in [7, 11) is -3.49. The van der Waals surface area contributed by atoms with Gasteiger partial charge < -0.3 is 14.0 Å². The Hall–Kier alpha value is 0.0538. The van der Waals surface area contributed by atoms with Crippen molar-refractivity contribution in [3.05, 3.63) is 11.6 Å². The van der Waals surface area contributed by atoms with Crippen molar-refractivity contribution in [2.45, 2.75) is 84.2 Å². The second kappa shape index (κ2) is 7.97. The van der Waals surface area contributed by atoms with Gasteiger partial charge >= 0.3 is 0 Å². The third-order valence-electron chi connectivity index (χ3n) is 6.69. The van der Waals surface area contributed by atoms with Crippen LogP contribution >= 0.6 is 0 Å². The fourth-order valence-electron chi connectivity index (χ4n) is 2.53. The first-order valence-corrected chi connectivity index (χ1v) is 15.5. The van der Waals surface area contributed by atoms with Crippen molar-refractivity contribution in [3.8, 4) is 0 Å². The Balaban J connectivity index is 2.74. The molecule has 3 nitrogen and oxygen atoms in total. The van der Waals surface area contributed by atoms with Gasteiger partial charge in [-0.1, -0.05) is 47.6 Å². The van der Waals surface area contributed by atoms with Gasteiger partial charge in [0, 0.05) is 19.1 Å². The molecule has 2 unspecified atom stereocenters. The number of aliphatic hydroxyl groups is 1. The van der Waals surface area contributed by atoms with E-state index in [-0.39, 0.29) is 16.7 Å². The van der Waals surface area contributed by atoms with E-state index >= 15 is 0 Å². The summed E-state index contributed by atoms with van der Waals surface area (Å²) in [5.41, 5.74) is 1.15. The molecule has 0 spiro atoms. The topological polar surface area (TPSA) is 38.7 Å². The van der Waals surface area contributed by atoms with Crippen molar-refractivity contribution in [3.63, 3.8) is 0 Å². The second-order valence-electron chi connectivity index (χ2n) is 10.8. The maximum absolute atomic E-state index is 9.58. The van der Waals surface area contributed by atoms with Gasteiger partial charge in [-0.15, -0.1) is 0 Å². The van der Waals surface area contributed by atoms with Crippen LogP contribution in [-0.4, -0.2) is 41.6 Å². The maximum Gasteiger partial charge on any atom is 0.192 e. The molecular formula is C20H42O3Si2. The van der Waals surface area contributed by atoms with Crippen LogP contribution in [0.4, 0.5) is 0 Å². The average Bonchev–Trinajstić information content (AvgIpc) is 2.83. The van der Waals surface area contributed by atoms with Crippen LogP contribution < -0.4 is 0 Å². The lowest BCUT2D eigenvalue weighted by molar-refractivity contribution is 0.159. The van der Waals surface area contributed by atoms with Gasteiger partial charge in [0.2, 0.25) is 0 Å². The third kappa shape index (κ3) is 6.03. The van der Waals surface area contributed by atoms with Crippen molar-refractivity contribution in [2.24, 2.45) is 11.8 Å². The Labute approximate surface area is 158 Å². The van der Waals surface area contributed by atoms with E-state index in [4.69, 9.17) is 8.85 Å². The molecule has 1 N–H and O–H groups in total. The highest BCUT2D eigenvalue weighted by Gasteiger charge is 2.41. The van der Waals surface area contributed by atoms with Gasteiger partial charge in [0.25, 0.3) is 0 Å². The highest BCUT2D eigenvalue weighted by molar-refractivity contribution is 6.74. The van der Waals surface area contributed by atoms with Crippen LogP contribution in [0.25, 0.3) is 0 Å². The molecule has 2 atom stereocenters. The summed E-state index contributed by atoms with van der Waals surface area (Å²) in [4.78, 5) is 0. The molecule has 148 valence electrons. The maximum atomic E-state index is 9.58. The van der Waals surface area contributed by atoms with Crippen molar-refractivity contribution < 1.29 is 14.0 Å². The predicted molar refractivity (Wildman–Crippen MR) is 113 cm³/mol. The third-order valence-corrected chi connectivity index (χ3v) is 15.7. The Morgan fingerprint density at radius 2 is 1.36 bits per heavy atom. The highest BCUT2D eigenvalue weighted by atomic mass is 28.4. The fraction of sp³-hybridized carbons (Fsp3) is 0.900. The normalized spacial score (nSPS) is 23.1. The number of aliphatic hydroxyl groups excluding tert-OH is 1. The zero-order valence-corrected chi connectivity index (χ0v) is 20.3. The minimum atomic E-state index is -1.75. The summed E-state index contributed by atoms with van der Waals surface area (Å²) in [6.45, 7) is 24.6. The molecule has 0 saturated heterocycles. The lowest BCUT2D eigenvalue weighted by atomic mass is 9.97. The van der Waals surface area contributed by atoms with Crippen LogP contribution in [0.1, 0.15) is 48.0 Å². The Bertz CT molecular complexity index is 470. The standard InChI is InChI=1S/C20H42O3Si2/c1-19(2,3)24(7,8)22-14-17-11-16(13-21)12-18(17)15-23-25(9,10)20(4,5)6/h11,17-18,21H,12-15H2,1-10H3. The number of hydrogen-bond acceptors (Lipinski definition) is 3. The van der Waals surface area contributed by atoms with E-state index in [9.17, 15) is 5.11 Å². The van der Waals surface area contributed by atoms with Gasteiger partial charge in [-0.3, -0.25) is 0 Å². The molecule has 0 aliphatic heterocycles. The van der Waals surface area contributed by atoms with E-state index in [0.717, 1.165) is 25.2 Å². The number of hydrogen-bond donors (Lipinski definition) is 1. The summed E-state index contributed by atoms with van der Waals surface area (Å²) < 4.78 is 12.9. The molecule has 25 heavy (non-hydrogen) atoms. The summed E-state index contributed by atoms with van der Waals surface area (Å²) in [6, 6.07) is 0. The van der Waals surface area contributed by atoms with Crippen molar-refractivity contribution in [2.75, 3.05) is 19.8 Å². The molecule has 0 aromatic heterocycles. The monoisotopic (exact) mass is 386 g/mol. The first kappa shape index (κ1) is 23.1. The largest absolute Gasteiger partial charge is 0.417 e. The Morgan fingerprint density at radius 1 is 0.920 bits per heavy atom. The van der Waals surface area contributed by atoms with E-state index in [2.05, 4.69) is 73.8 Å². The molecule has 0 amide bonds. The minimum Gasteiger partial charge on any atom is -0.417 e. The molecule has 0 radical (unpaired) electrons. The van der Waals surface area contributed by atoms with Crippen LogP contribution in [-0.2, 0) is 8.85 Å². The van der Waals surface area contributed by atoms with Gasteiger partial charge in [0.15, 0.2) is 16.6 Å². The van der Waals surface area contributed by atoms with Gasteiger partial charge in [0.05, 0.1) is 6.61 Å². The van der Waals surface area contributed by atoms with Gasteiger partial charge in [-0.25, -0.2) is 0 Å². The van der Waals surface area contributed by atoms with Crippen LogP contribution in [0, 0.1) is 11.8 Å². The average molecular weight is 387 g/mol. The van der Waals surface area contributed by atoms with Crippen LogP contribution in [0.5, 0.6) is 0 Å². The Kier molecular flexibility index (Phi) is 7.36. The molecule has 0 fully saturated rings. The van der Waals surface area contributed by atoms with Crippen molar-refractivity contribution in [1.29, 1.82) is 0 Å². The molecule has 0 heterocycles. The molecule has 1 aliphatic carbocycles. The zero-order valence-electron chi connectivity index (χ0n) is 18.3. The minimum absolute atomic E-state index is 0.160. The SMILES string of the molecule is CC(C)(C)[Si](C)(C)OCC1C=C(CO)CC1CO[Si](C)(C)C(C)(C)C. The number of rotatable bonds is 7. The van der Waals surface area contributed by atoms with E-state index in [1.54, 1.807) is 0 Å². The van der Waals surface area contributed by atoms with Crippen molar-refractivity contribution in [1.82, 2.24) is 0 Å².